The standard InChI is InChI=1S/C26H31N3O13/c1-13(30)40-12-14-4-5-16(41-26-23(37)21(35)22(36)24(42-26)25(38)39)15(11-14)28-18(32)8-9-27-17(31)3-2-10-29-19(33)6-7-20(29)34/h4-7,11,21-24,26,35-37H,2-3,8-10,12H2,1H3,(H,27,31)(H,28,32)(H,38,39)/t21?,22-,23+,24?,26?/m0/s1. The predicted octanol–water partition coefficient (Wildman–Crippen LogP) is -1.83. The lowest BCUT2D eigenvalue weighted by molar-refractivity contribution is -0.271. The summed E-state index contributed by atoms with van der Waals surface area (Å²) in [5.74, 6) is -4.17. The molecule has 1 saturated heterocycles. The van der Waals surface area contributed by atoms with Crippen LogP contribution in [0.1, 0.15) is 31.7 Å². The van der Waals surface area contributed by atoms with Gasteiger partial charge in [-0.15, -0.1) is 0 Å². The molecule has 1 fully saturated rings. The van der Waals surface area contributed by atoms with Gasteiger partial charge < -0.3 is 45.3 Å². The van der Waals surface area contributed by atoms with Crippen molar-refractivity contribution in [2.24, 2.45) is 0 Å². The molecule has 0 saturated carbocycles. The SMILES string of the molecule is CC(=O)OCc1ccc(OC2OC(C(=O)O)[C@@H](O)C(O)[C@H]2O)c(NC(=O)CCNC(=O)CCCN2C(=O)C=CC2=O)c1. The number of anilines is 1. The van der Waals surface area contributed by atoms with E-state index in [1.165, 1.54) is 25.1 Å². The summed E-state index contributed by atoms with van der Waals surface area (Å²) in [4.78, 5) is 71.4. The Bertz CT molecular complexity index is 1230. The second-order valence-corrected chi connectivity index (χ2v) is 9.38. The van der Waals surface area contributed by atoms with Gasteiger partial charge >= 0.3 is 11.9 Å². The van der Waals surface area contributed by atoms with E-state index in [4.69, 9.17) is 14.2 Å². The van der Waals surface area contributed by atoms with Crippen LogP contribution in [0.5, 0.6) is 5.75 Å². The van der Waals surface area contributed by atoms with Gasteiger partial charge in [-0.05, 0) is 24.1 Å². The van der Waals surface area contributed by atoms with Crippen LogP contribution in [-0.2, 0) is 44.8 Å². The fraction of sp³-hybridized carbons (Fsp3) is 0.462. The van der Waals surface area contributed by atoms with E-state index in [-0.39, 0.29) is 50.4 Å². The van der Waals surface area contributed by atoms with Crippen molar-refractivity contribution in [3.05, 3.63) is 35.9 Å². The lowest BCUT2D eigenvalue weighted by Crippen LogP contribution is -2.61. The molecule has 5 atom stereocenters. The van der Waals surface area contributed by atoms with Crippen LogP contribution in [0.15, 0.2) is 30.4 Å². The number of aliphatic hydroxyl groups is 3. The third kappa shape index (κ3) is 8.56. The molecule has 0 radical (unpaired) electrons. The van der Waals surface area contributed by atoms with E-state index < -0.39 is 66.3 Å². The normalized spacial score (nSPS) is 23.4. The van der Waals surface area contributed by atoms with Crippen molar-refractivity contribution in [3.8, 4) is 5.75 Å². The van der Waals surface area contributed by atoms with E-state index in [2.05, 4.69) is 10.6 Å². The van der Waals surface area contributed by atoms with Crippen molar-refractivity contribution in [3.63, 3.8) is 0 Å². The second kappa shape index (κ2) is 14.5. The molecular formula is C26H31N3O13. The zero-order chi connectivity index (χ0) is 31.0. The number of ether oxygens (including phenoxy) is 3. The van der Waals surface area contributed by atoms with Gasteiger partial charge in [0.25, 0.3) is 11.8 Å². The maximum absolute atomic E-state index is 12.7. The molecule has 0 aromatic heterocycles. The van der Waals surface area contributed by atoms with Crippen LogP contribution in [0.3, 0.4) is 0 Å². The number of nitrogens with one attached hydrogen (secondary N) is 2. The smallest absolute Gasteiger partial charge is 0.335 e. The Hall–Kier alpha value is -4.38. The van der Waals surface area contributed by atoms with Gasteiger partial charge in [-0.25, -0.2) is 4.79 Å². The quantitative estimate of drug-likeness (QED) is 0.109. The number of imide groups is 1. The van der Waals surface area contributed by atoms with Crippen molar-refractivity contribution in [1.29, 1.82) is 0 Å². The summed E-state index contributed by atoms with van der Waals surface area (Å²) >= 11 is 0. The largest absolute Gasteiger partial charge is 0.479 e. The van der Waals surface area contributed by atoms with Gasteiger partial charge in [-0.2, -0.15) is 0 Å². The topological polar surface area (TPSA) is 238 Å². The van der Waals surface area contributed by atoms with Gasteiger partial charge in [0.2, 0.25) is 18.1 Å². The molecule has 3 rings (SSSR count). The average molecular weight is 594 g/mol. The van der Waals surface area contributed by atoms with Crippen LogP contribution in [0.2, 0.25) is 0 Å². The molecule has 0 aliphatic carbocycles. The van der Waals surface area contributed by atoms with Gasteiger partial charge in [0.05, 0.1) is 5.69 Å². The molecule has 3 unspecified atom stereocenters. The number of hydrogen-bond acceptors (Lipinski definition) is 12. The molecule has 6 N–H and O–H groups in total. The molecule has 16 nitrogen and oxygen atoms in total. The number of nitrogens with zero attached hydrogens (tertiary/aromatic N) is 1. The minimum absolute atomic E-state index is 0.00724. The summed E-state index contributed by atoms with van der Waals surface area (Å²) in [6, 6.07) is 4.17. The number of hydrogen-bond donors (Lipinski definition) is 6. The van der Waals surface area contributed by atoms with Gasteiger partial charge in [0, 0.05) is 45.0 Å². The fourth-order valence-corrected chi connectivity index (χ4v) is 3.99. The average Bonchev–Trinajstić information content (AvgIpc) is 3.25. The zero-order valence-corrected chi connectivity index (χ0v) is 22.4. The number of carbonyl (C=O) groups excluding carboxylic acids is 5. The molecule has 2 aliphatic rings. The lowest BCUT2D eigenvalue weighted by atomic mass is 9.99. The van der Waals surface area contributed by atoms with Gasteiger partial charge in [0.15, 0.2) is 6.10 Å². The number of carboxylic acids is 1. The lowest BCUT2D eigenvalue weighted by Gasteiger charge is -2.38. The Labute approximate surface area is 238 Å². The summed E-state index contributed by atoms with van der Waals surface area (Å²) in [5, 5.41) is 44.6. The molecule has 228 valence electrons. The summed E-state index contributed by atoms with van der Waals surface area (Å²) in [6.07, 6.45) is -7.01. The Morgan fingerprint density at radius 3 is 2.31 bits per heavy atom. The molecule has 0 bridgehead atoms. The summed E-state index contributed by atoms with van der Waals surface area (Å²) in [7, 11) is 0. The van der Waals surface area contributed by atoms with Crippen molar-refractivity contribution in [1.82, 2.24) is 10.2 Å². The van der Waals surface area contributed by atoms with Gasteiger partial charge in [0.1, 0.15) is 30.7 Å². The summed E-state index contributed by atoms with van der Waals surface area (Å²) < 4.78 is 15.7. The first-order valence-electron chi connectivity index (χ1n) is 12.8. The Balaban J connectivity index is 1.59. The van der Waals surface area contributed by atoms with Gasteiger partial charge in [-0.3, -0.25) is 28.9 Å². The first-order valence-corrected chi connectivity index (χ1v) is 12.8. The van der Waals surface area contributed by atoms with Crippen molar-refractivity contribution in [2.75, 3.05) is 18.4 Å². The molecular weight excluding hydrogens is 562 g/mol. The third-order valence-electron chi connectivity index (χ3n) is 6.18. The van der Waals surface area contributed by atoms with Crippen LogP contribution in [0.25, 0.3) is 0 Å². The van der Waals surface area contributed by atoms with E-state index in [0.717, 1.165) is 17.1 Å². The Kier molecular flexibility index (Phi) is 11.1. The number of carboxylic acid groups (broad SMARTS) is 1. The molecule has 1 aromatic carbocycles. The number of rotatable bonds is 13. The monoisotopic (exact) mass is 593 g/mol. The highest BCUT2D eigenvalue weighted by Gasteiger charge is 2.48. The highest BCUT2D eigenvalue weighted by atomic mass is 16.7. The van der Waals surface area contributed by atoms with Crippen LogP contribution in [0, 0.1) is 0 Å². The van der Waals surface area contributed by atoms with E-state index in [9.17, 15) is 49.2 Å². The Morgan fingerprint density at radius 1 is 0.976 bits per heavy atom. The molecule has 2 aliphatic heterocycles. The number of amides is 4. The van der Waals surface area contributed by atoms with Crippen molar-refractivity contribution in [2.45, 2.75) is 63.5 Å². The molecule has 1 aromatic rings. The molecule has 0 spiro atoms. The first kappa shape index (κ1) is 32.1. The molecule has 42 heavy (non-hydrogen) atoms. The van der Waals surface area contributed by atoms with Crippen LogP contribution in [-0.4, -0.2) is 105 Å². The Morgan fingerprint density at radius 2 is 1.67 bits per heavy atom. The first-order chi connectivity index (χ1) is 19.9. The molecule has 4 amide bonds. The number of aliphatic hydroxyl groups excluding tert-OH is 3. The minimum Gasteiger partial charge on any atom is -0.479 e. The highest BCUT2D eigenvalue weighted by molar-refractivity contribution is 6.12. The molecule has 16 heteroatoms. The summed E-state index contributed by atoms with van der Waals surface area (Å²) in [6.45, 7) is 1.06. The number of aliphatic carboxylic acids is 1. The van der Waals surface area contributed by atoms with Crippen molar-refractivity contribution >= 4 is 41.3 Å². The zero-order valence-electron chi connectivity index (χ0n) is 22.4. The molecule has 2 heterocycles. The third-order valence-corrected chi connectivity index (χ3v) is 6.18. The van der Waals surface area contributed by atoms with Crippen molar-refractivity contribution < 1.29 is 63.4 Å². The number of benzene rings is 1. The number of carbonyl (C=O) groups is 6. The minimum atomic E-state index is -1.93. The van der Waals surface area contributed by atoms with Crippen LogP contribution < -0.4 is 15.4 Å². The van der Waals surface area contributed by atoms with Crippen LogP contribution in [0.4, 0.5) is 5.69 Å². The van der Waals surface area contributed by atoms with E-state index in [0.29, 0.717) is 5.56 Å². The van der Waals surface area contributed by atoms with E-state index in [1.807, 2.05) is 0 Å². The fourth-order valence-electron chi connectivity index (χ4n) is 3.99. The van der Waals surface area contributed by atoms with E-state index in [1.54, 1.807) is 0 Å². The summed E-state index contributed by atoms with van der Waals surface area (Å²) in [5.41, 5.74) is 0.433. The predicted molar refractivity (Wildman–Crippen MR) is 138 cm³/mol. The highest BCUT2D eigenvalue weighted by Crippen LogP contribution is 2.31. The maximum Gasteiger partial charge on any atom is 0.335 e. The maximum atomic E-state index is 12.7. The second-order valence-electron chi connectivity index (χ2n) is 9.38. The van der Waals surface area contributed by atoms with Gasteiger partial charge in [-0.1, -0.05) is 6.07 Å². The van der Waals surface area contributed by atoms with E-state index >= 15 is 0 Å². The number of esters is 1. The van der Waals surface area contributed by atoms with Crippen LogP contribution >= 0.6 is 0 Å².